The molecule has 102 valence electrons. The third-order valence-electron chi connectivity index (χ3n) is 3.35. The van der Waals surface area contributed by atoms with Crippen molar-refractivity contribution in [1.29, 1.82) is 0 Å². The second kappa shape index (κ2) is 5.95. The van der Waals surface area contributed by atoms with Crippen LogP contribution in [0.3, 0.4) is 0 Å². The smallest absolute Gasteiger partial charge is 0.0641 e. The predicted octanol–water partition coefficient (Wildman–Crippen LogP) is 1.26. The number of hydrogen-bond acceptors (Lipinski definition) is 4. The van der Waals surface area contributed by atoms with Gasteiger partial charge in [-0.3, -0.25) is 14.6 Å². The molecule has 19 heavy (non-hydrogen) atoms. The van der Waals surface area contributed by atoms with E-state index in [0.29, 0.717) is 6.54 Å². The van der Waals surface area contributed by atoms with Crippen molar-refractivity contribution in [2.24, 2.45) is 12.8 Å². The van der Waals surface area contributed by atoms with Crippen molar-refractivity contribution in [1.82, 2.24) is 19.7 Å². The van der Waals surface area contributed by atoms with Gasteiger partial charge in [0.2, 0.25) is 0 Å². The Morgan fingerprint density at radius 2 is 2.05 bits per heavy atom. The number of nitrogens with zero attached hydrogens (tertiary/aromatic N) is 4. The van der Waals surface area contributed by atoms with Gasteiger partial charge >= 0.3 is 0 Å². The van der Waals surface area contributed by atoms with Gasteiger partial charge in [-0.25, -0.2) is 0 Å². The molecular weight excluding hydrogens is 238 g/mol. The minimum Gasteiger partial charge on any atom is -0.329 e. The van der Waals surface area contributed by atoms with Gasteiger partial charge in [0.25, 0.3) is 0 Å². The van der Waals surface area contributed by atoms with Gasteiger partial charge in [-0.2, -0.15) is 5.10 Å². The fourth-order valence-electron chi connectivity index (χ4n) is 2.38. The third-order valence-corrected chi connectivity index (χ3v) is 3.35. The van der Waals surface area contributed by atoms with Crippen LogP contribution in [0.2, 0.25) is 0 Å². The number of rotatable bonds is 5. The van der Waals surface area contributed by atoms with E-state index in [0.717, 1.165) is 12.2 Å². The zero-order valence-corrected chi connectivity index (χ0v) is 11.7. The van der Waals surface area contributed by atoms with Crippen molar-refractivity contribution in [3.8, 4) is 0 Å². The predicted molar refractivity (Wildman–Crippen MR) is 75.4 cm³/mol. The van der Waals surface area contributed by atoms with E-state index in [1.165, 1.54) is 11.1 Å². The maximum Gasteiger partial charge on any atom is 0.0641 e. The molecule has 0 bridgehead atoms. The van der Waals surface area contributed by atoms with E-state index < -0.39 is 0 Å². The van der Waals surface area contributed by atoms with Crippen LogP contribution in [0.1, 0.15) is 22.9 Å². The van der Waals surface area contributed by atoms with E-state index in [9.17, 15) is 0 Å². The molecule has 5 nitrogen and oxygen atoms in total. The van der Waals surface area contributed by atoms with Crippen molar-refractivity contribution in [3.63, 3.8) is 0 Å². The molecule has 0 saturated heterocycles. The molecule has 1 unspecified atom stereocenters. The highest BCUT2D eigenvalue weighted by Gasteiger charge is 2.19. The van der Waals surface area contributed by atoms with Crippen LogP contribution in [-0.2, 0) is 13.6 Å². The SMILES string of the molecule is Cc1nn(C)cc1C(CN)N(C)Cc1ccncc1. The van der Waals surface area contributed by atoms with Gasteiger partial charge < -0.3 is 5.73 Å². The second-order valence-electron chi connectivity index (χ2n) is 4.87. The Labute approximate surface area is 114 Å². The molecule has 2 heterocycles. The van der Waals surface area contributed by atoms with Crippen molar-refractivity contribution in [2.45, 2.75) is 19.5 Å². The molecule has 0 aliphatic carbocycles. The van der Waals surface area contributed by atoms with Crippen LogP contribution < -0.4 is 5.73 Å². The average molecular weight is 259 g/mol. The first-order valence-corrected chi connectivity index (χ1v) is 6.41. The first kappa shape index (κ1) is 13.7. The lowest BCUT2D eigenvalue weighted by Gasteiger charge is -2.26. The standard InChI is InChI=1S/C14H21N5/c1-11-13(10-19(3)17-11)14(8-15)18(2)9-12-4-6-16-7-5-12/h4-7,10,14H,8-9,15H2,1-3H3. The van der Waals surface area contributed by atoms with Crippen LogP contribution >= 0.6 is 0 Å². The van der Waals surface area contributed by atoms with Crippen molar-refractivity contribution >= 4 is 0 Å². The van der Waals surface area contributed by atoms with E-state index in [4.69, 9.17) is 5.73 Å². The fourth-order valence-corrected chi connectivity index (χ4v) is 2.38. The summed E-state index contributed by atoms with van der Waals surface area (Å²) in [5.41, 5.74) is 9.42. The molecule has 0 saturated carbocycles. The van der Waals surface area contributed by atoms with Gasteiger partial charge in [-0.05, 0) is 31.7 Å². The number of likely N-dealkylation sites (N-methyl/N-ethyl adjacent to an activating group) is 1. The Morgan fingerprint density at radius 1 is 1.37 bits per heavy atom. The Balaban J connectivity index is 2.15. The van der Waals surface area contributed by atoms with Crippen LogP contribution in [0.5, 0.6) is 0 Å². The lowest BCUT2D eigenvalue weighted by molar-refractivity contribution is 0.241. The summed E-state index contributed by atoms with van der Waals surface area (Å²) in [6.07, 6.45) is 5.68. The molecule has 2 aromatic rings. The molecule has 2 aromatic heterocycles. The molecule has 0 fully saturated rings. The highest BCUT2D eigenvalue weighted by Crippen LogP contribution is 2.22. The fraction of sp³-hybridized carbons (Fsp3) is 0.429. The molecule has 1 atom stereocenters. The van der Waals surface area contributed by atoms with Crippen LogP contribution in [0.15, 0.2) is 30.7 Å². The van der Waals surface area contributed by atoms with Gasteiger partial charge in [0, 0.05) is 44.3 Å². The van der Waals surface area contributed by atoms with Crippen molar-refractivity contribution in [3.05, 3.63) is 47.5 Å². The summed E-state index contributed by atoms with van der Waals surface area (Å²) in [5.74, 6) is 0. The van der Waals surface area contributed by atoms with Crippen molar-refractivity contribution < 1.29 is 0 Å². The van der Waals surface area contributed by atoms with Gasteiger partial charge in [0.05, 0.1) is 11.7 Å². The van der Waals surface area contributed by atoms with Gasteiger partial charge in [-0.15, -0.1) is 0 Å². The number of nitrogens with two attached hydrogens (primary N) is 1. The first-order valence-electron chi connectivity index (χ1n) is 6.41. The van der Waals surface area contributed by atoms with E-state index in [2.05, 4.69) is 28.2 Å². The normalized spacial score (nSPS) is 12.9. The number of pyridine rings is 1. The number of aryl methyl sites for hydroxylation is 2. The average Bonchev–Trinajstić information content (AvgIpc) is 2.71. The number of aromatic nitrogens is 3. The molecule has 2 N–H and O–H groups in total. The van der Waals surface area contributed by atoms with E-state index in [1.807, 2.05) is 43.2 Å². The summed E-state index contributed by atoms with van der Waals surface area (Å²) in [5, 5.41) is 4.39. The molecule has 0 aliphatic rings. The molecule has 0 radical (unpaired) electrons. The minimum absolute atomic E-state index is 0.182. The molecule has 0 amide bonds. The molecular formula is C14H21N5. The maximum absolute atomic E-state index is 5.95. The van der Waals surface area contributed by atoms with Gasteiger partial charge in [0.1, 0.15) is 0 Å². The highest BCUT2D eigenvalue weighted by atomic mass is 15.3. The van der Waals surface area contributed by atoms with Gasteiger partial charge in [-0.1, -0.05) is 0 Å². The van der Waals surface area contributed by atoms with E-state index in [-0.39, 0.29) is 6.04 Å². The van der Waals surface area contributed by atoms with E-state index >= 15 is 0 Å². The Bertz CT molecular complexity index is 520. The second-order valence-corrected chi connectivity index (χ2v) is 4.87. The minimum atomic E-state index is 0.182. The molecule has 2 rings (SSSR count). The van der Waals surface area contributed by atoms with Crippen LogP contribution in [0, 0.1) is 6.92 Å². The summed E-state index contributed by atoms with van der Waals surface area (Å²) in [6, 6.07) is 4.24. The lowest BCUT2D eigenvalue weighted by atomic mass is 10.1. The van der Waals surface area contributed by atoms with Crippen LogP contribution in [-0.4, -0.2) is 33.3 Å². The zero-order chi connectivity index (χ0) is 13.8. The molecule has 0 spiro atoms. The summed E-state index contributed by atoms with van der Waals surface area (Å²) < 4.78 is 1.84. The number of hydrogen-bond donors (Lipinski definition) is 1. The third kappa shape index (κ3) is 3.19. The largest absolute Gasteiger partial charge is 0.329 e. The monoisotopic (exact) mass is 259 g/mol. The molecule has 0 aliphatic heterocycles. The highest BCUT2D eigenvalue weighted by molar-refractivity contribution is 5.21. The van der Waals surface area contributed by atoms with Gasteiger partial charge in [0.15, 0.2) is 0 Å². The maximum atomic E-state index is 5.95. The van der Waals surface area contributed by atoms with Crippen molar-refractivity contribution in [2.75, 3.05) is 13.6 Å². The lowest BCUT2D eigenvalue weighted by Crippen LogP contribution is -2.30. The Hall–Kier alpha value is -1.72. The topological polar surface area (TPSA) is 60.0 Å². The summed E-state index contributed by atoms with van der Waals surface area (Å²) in [4.78, 5) is 6.29. The van der Waals surface area contributed by atoms with Crippen LogP contribution in [0.25, 0.3) is 0 Å². The molecule has 0 aromatic carbocycles. The first-order chi connectivity index (χ1) is 9.11. The Kier molecular flexibility index (Phi) is 4.29. The Morgan fingerprint density at radius 3 is 2.58 bits per heavy atom. The quantitative estimate of drug-likeness (QED) is 0.878. The van der Waals surface area contributed by atoms with E-state index in [1.54, 1.807) is 0 Å². The zero-order valence-electron chi connectivity index (χ0n) is 11.7. The summed E-state index contributed by atoms with van der Waals surface area (Å²) in [6.45, 7) is 3.45. The summed E-state index contributed by atoms with van der Waals surface area (Å²) >= 11 is 0. The molecule has 5 heteroatoms. The summed E-state index contributed by atoms with van der Waals surface area (Å²) in [7, 11) is 4.03. The van der Waals surface area contributed by atoms with Crippen LogP contribution in [0.4, 0.5) is 0 Å².